The normalized spacial score (nSPS) is 13.6. The Morgan fingerprint density at radius 2 is 1.65 bits per heavy atom. The molecule has 1 aliphatic heterocycles. The molecule has 0 radical (unpaired) electrons. The molecule has 0 bridgehead atoms. The van der Waals surface area contributed by atoms with Gasteiger partial charge in [-0.15, -0.1) is 0 Å². The number of nitrogens with one attached hydrogen (secondary N) is 1. The van der Waals surface area contributed by atoms with Crippen molar-refractivity contribution >= 4 is 40.7 Å². The van der Waals surface area contributed by atoms with Crippen LogP contribution in [0.2, 0.25) is 10.0 Å². The number of benzene rings is 2. The van der Waals surface area contributed by atoms with Crippen molar-refractivity contribution in [3.63, 3.8) is 0 Å². The van der Waals surface area contributed by atoms with E-state index in [0.717, 1.165) is 25.9 Å². The molecule has 7 heteroatoms. The minimum absolute atomic E-state index is 0.118. The van der Waals surface area contributed by atoms with E-state index in [1.54, 1.807) is 35.2 Å². The fourth-order valence-electron chi connectivity index (χ4n) is 2.94. The first kappa shape index (κ1) is 18.5. The summed E-state index contributed by atoms with van der Waals surface area (Å²) in [6.45, 7) is 1.44. The van der Waals surface area contributed by atoms with Crippen LogP contribution in [0.5, 0.6) is 5.75 Å². The van der Waals surface area contributed by atoms with Crippen LogP contribution in [0.3, 0.4) is 0 Å². The van der Waals surface area contributed by atoms with Gasteiger partial charge in [0.2, 0.25) is 0 Å². The first-order chi connectivity index (χ1) is 12.5. The van der Waals surface area contributed by atoms with Gasteiger partial charge in [-0.3, -0.25) is 9.59 Å². The Morgan fingerprint density at radius 1 is 1.00 bits per heavy atom. The Morgan fingerprint density at radius 3 is 2.35 bits per heavy atom. The molecule has 0 atom stereocenters. The molecule has 0 aromatic heterocycles. The van der Waals surface area contributed by atoms with Crippen LogP contribution < -0.4 is 10.1 Å². The third-order valence-corrected chi connectivity index (χ3v) is 4.73. The zero-order valence-electron chi connectivity index (χ0n) is 14.2. The van der Waals surface area contributed by atoms with Gasteiger partial charge in [0.05, 0.1) is 23.9 Å². The van der Waals surface area contributed by atoms with Gasteiger partial charge < -0.3 is 15.0 Å². The first-order valence-electron chi connectivity index (χ1n) is 8.23. The lowest BCUT2D eigenvalue weighted by Gasteiger charge is -2.18. The zero-order valence-corrected chi connectivity index (χ0v) is 15.7. The Kier molecular flexibility index (Phi) is 5.69. The third-order valence-electron chi connectivity index (χ3n) is 4.26. The summed E-state index contributed by atoms with van der Waals surface area (Å²) in [5.74, 6) is -0.157. The van der Waals surface area contributed by atoms with Crippen molar-refractivity contribution in [2.75, 3.05) is 25.5 Å². The number of carbonyl (C=O) groups is 2. The molecule has 2 aromatic rings. The molecule has 1 aliphatic rings. The number of nitrogens with zero attached hydrogens (tertiary/aromatic N) is 1. The summed E-state index contributed by atoms with van der Waals surface area (Å²) in [7, 11) is 1.47. The van der Waals surface area contributed by atoms with Crippen molar-refractivity contribution in [1.82, 2.24) is 4.90 Å². The zero-order chi connectivity index (χ0) is 18.7. The smallest absolute Gasteiger partial charge is 0.259 e. The highest BCUT2D eigenvalue weighted by atomic mass is 35.5. The van der Waals surface area contributed by atoms with E-state index in [0.29, 0.717) is 27.0 Å². The summed E-state index contributed by atoms with van der Waals surface area (Å²) in [6.07, 6.45) is 1.97. The second-order valence-electron chi connectivity index (χ2n) is 5.99. The van der Waals surface area contributed by atoms with Gasteiger partial charge in [0.25, 0.3) is 11.8 Å². The van der Waals surface area contributed by atoms with E-state index in [2.05, 4.69) is 5.32 Å². The largest absolute Gasteiger partial charge is 0.496 e. The minimum atomic E-state index is -0.429. The maximum Gasteiger partial charge on any atom is 0.259 e. The van der Waals surface area contributed by atoms with Gasteiger partial charge >= 0.3 is 0 Å². The SMILES string of the molecule is COc1ccc(Cl)cc1C(=O)Nc1cc(Cl)ccc1C(=O)N1CCCC1. The number of carbonyl (C=O) groups excluding carboxylic acids is 2. The van der Waals surface area contributed by atoms with E-state index in [1.807, 2.05) is 0 Å². The van der Waals surface area contributed by atoms with Crippen LogP contribution in [0.25, 0.3) is 0 Å². The summed E-state index contributed by atoms with van der Waals surface area (Å²) in [5.41, 5.74) is 1.05. The molecule has 26 heavy (non-hydrogen) atoms. The van der Waals surface area contributed by atoms with E-state index in [4.69, 9.17) is 27.9 Å². The number of ether oxygens (including phenoxy) is 1. The molecule has 136 valence electrons. The fraction of sp³-hybridized carbons (Fsp3) is 0.263. The van der Waals surface area contributed by atoms with Crippen LogP contribution >= 0.6 is 23.2 Å². The quantitative estimate of drug-likeness (QED) is 0.833. The monoisotopic (exact) mass is 392 g/mol. The van der Waals surface area contributed by atoms with Crippen LogP contribution in [-0.4, -0.2) is 36.9 Å². The van der Waals surface area contributed by atoms with Gasteiger partial charge in [-0.25, -0.2) is 0 Å². The summed E-state index contributed by atoms with van der Waals surface area (Å²) in [6, 6.07) is 9.61. The number of amides is 2. The highest BCUT2D eigenvalue weighted by molar-refractivity contribution is 6.32. The van der Waals surface area contributed by atoms with Gasteiger partial charge in [-0.1, -0.05) is 23.2 Å². The van der Waals surface area contributed by atoms with Gasteiger partial charge in [0.1, 0.15) is 5.75 Å². The lowest BCUT2D eigenvalue weighted by Crippen LogP contribution is -2.29. The Bertz CT molecular complexity index is 849. The van der Waals surface area contributed by atoms with Crippen molar-refractivity contribution < 1.29 is 14.3 Å². The fourth-order valence-corrected chi connectivity index (χ4v) is 3.29. The maximum atomic E-state index is 12.8. The standard InChI is InChI=1S/C19H18Cl2N2O3/c1-26-17-7-5-12(20)10-15(17)18(24)22-16-11-13(21)4-6-14(16)19(25)23-8-2-3-9-23/h4-7,10-11H,2-3,8-9H2,1H3,(H,22,24). The summed E-state index contributed by atoms with van der Waals surface area (Å²) >= 11 is 12.1. The average Bonchev–Trinajstić information content (AvgIpc) is 3.16. The van der Waals surface area contributed by atoms with Crippen LogP contribution in [-0.2, 0) is 0 Å². The molecule has 0 spiro atoms. The van der Waals surface area contributed by atoms with Crippen LogP contribution in [0.4, 0.5) is 5.69 Å². The number of methoxy groups -OCH3 is 1. The van der Waals surface area contributed by atoms with Crippen LogP contribution in [0.1, 0.15) is 33.6 Å². The summed E-state index contributed by atoms with van der Waals surface area (Å²) < 4.78 is 5.22. The van der Waals surface area contributed by atoms with Crippen molar-refractivity contribution in [2.45, 2.75) is 12.8 Å². The van der Waals surface area contributed by atoms with E-state index in [-0.39, 0.29) is 11.5 Å². The van der Waals surface area contributed by atoms with Crippen molar-refractivity contribution in [3.8, 4) is 5.75 Å². The summed E-state index contributed by atoms with van der Waals surface area (Å²) in [4.78, 5) is 27.3. The number of halogens is 2. The lowest BCUT2D eigenvalue weighted by molar-refractivity contribution is 0.0794. The van der Waals surface area contributed by atoms with E-state index in [1.165, 1.54) is 13.2 Å². The molecule has 1 heterocycles. The van der Waals surface area contributed by atoms with E-state index in [9.17, 15) is 9.59 Å². The maximum absolute atomic E-state index is 12.8. The number of anilines is 1. The molecule has 1 N–H and O–H groups in total. The van der Waals surface area contributed by atoms with Gasteiger partial charge in [0.15, 0.2) is 0 Å². The molecule has 2 aromatic carbocycles. The number of likely N-dealkylation sites (tertiary alicyclic amines) is 1. The molecule has 1 fully saturated rings. The van der Waals surface area contributed by atoms with Crippen molar-refractivity contribution in [3.05, 3.63) is 57.6 Å². The van der Waals surface area contributed by atoms with Crippen molar-refractivity contribution in [2.24, 2.45) is 0 Å². The Labute approximate surface area is 161 Å². The first-order valence-corrected chi connectivity index (χ1v) is 8.99. The number of hydrogen-bond acceptors (Lipinski definition) is 3. The number of hydrogen-bond donors (Lipinski definition) is 1. The number of rotatable bonds is 4. The topological polar surface area (TPSA) is 58.6 Å². The molecule has 0 saturated carbocycles. The molecule has 3 rings (SSSR count). The lowest BCUT2D eigenvalue weighted by atomic mass is 10.1. The van der Waals surface area contributed by atoms with Crippen LogP contribution in [0, 0.1) is 0 Å². The molecule has 5 nitrogen and oxygen atoms in total. The van der Waals surface area contributed by atoms with Crippen LogP contribution in [0.15, 0.2) is 36.4 Å². The average molecular weight is 393 g/mol. The van der Waals surface area contributed by atoms with E-state index < -0.39 is 5.91 Å². The second kappa shape index (κ2) is 7.98. The molecule has 0 unspecified atom stereocenters. The predicted molar refractivity (Wildman–Crippen MR) is 103 cm³/mol. The molecular weight excluding hydrogens is 375 g/mol. The van der Waals surface area contributed by atoms with Gasteiger partial charge in [-0.05, 0) is 49.2 Å². The Hall–Kier alpha value is -2.24. The second-order valence-corrected chi connectivity index (χ2v) is 6.86. The van der Waals surface area contributed by atoms with Gasteiger partial charge in [0, 0.05) is 23.1 Å². The van der Waals surface area contributed by atoms with E-state index >= 15 is 0 Å². The van der Waals surface area contributed by atoms with Gasteiger partial charge in [-0.2, -0.15) is 0 Å². The van der Waals surface area contributed by atoms with Crippen molar-refractivity contribution in [1.29, 1.82) is 0 Å². The molecule has 2 amide bonds. The minimum Gasteiger partial charge on any atom is -0.496 e. The Balaban J connectivity index is 1.92. The predicted octanol–water partition coefficient (Wildman–Crippen LogP) is 4.49. The third kappa shape index (κ3) is 3.94. The highest BCUT2D eigenvalue weighted by Gasteiger charge is 2.23. The molecular formula is C19H18Cl2N2O3. The molecule has 0 aliphatic carbocycles. The molecule has 1 saturated heterocycles. The summed E-state index contributed by atoms with van der Waals surface area (Å²) in [5, 5.41) is 3.60. The highest BCUT2D eigenvalue weighted by Crippen LogP contribution is 2.27.